The third-order valence-corrected chi connectivity index (χ3v) is 2.62. The Morgan fingerprint density at radius 3 is 3.08 bits per heavy atom. The Morgan fingerprint density at radius 1 is 1.77 bits per heavy atom. The average Bonchev–Trinajstić information content (AvgIpc) is 2.52. The monoisotopic (exact) mass is 218 g/mol. The van der Waals surface area contributed by atoms with Crippen molar-refractivity contribution in [3.8, 4) is 0 Å². The Labute approximate surface area is 86.1 Å². The Hall–Kier alpha value is -0.610. The number of nitrogens with one attached hydrogen (secondary N) is 1. The van der Waals surface area contributed by atoms with Gasteiger partial charge in [0.15, 0.2) is 0 Å². The fraction of sp³-hybridized carbons (Fsp3) is 0.500. The average molecular weight is 219 g/mol. The van der Waals surface area contributed by atoms with E-state index < -0.39 is 0 Å². The van der Waals surface area contributed by atoms with Crippen molar-refractivity contribution in [1.29, 1.82) is 0 Å². The van der Waals surface area contributed by atoms with Gasteiger partial charge in [0.05, 0.1) is 11.2 Å². The summed E-state index contributed by atoms with van der Waals surface area (Å²) < 4.78 is 0. The van der Waals surface area contributed by atoms with Crippen LogP contribution in [-0.4, -0.2) is 23.3 Å². The predicted octanol–water partition coefficient (Wildman–Crippen LogP) is 1.81. The van der Waals surface area contributed by atoms with Crippen molar-refractivity contribution in [1.82, 2.24) is 10.3 Å². The molecule has 1 N–H and O–H groups in total. The highest BCUT2D eigenvalue weighted by Gasteiger charge is 2.07. The molecule has 0 spiro atoms. The van der Waals surface area contributed by atoms with Gasteiger partial charge >= 0.3 is 0 Å². The van der Waals surface area contributed by atoms with Gasteiger partial charge in [0.1, 0.15) is 4.88 Å². The number of thiazole rings is 1. The number of amides is 1. The van der Waals surface area contributed by atoms with Gasteiger partial charge in [0.25, 0.3) is 5.91 Å². The molecule has 72 valence electrons. The molecular formula is C8H11ClN2OS. The number of hydrogen-bond acceptors (Lipinski definition) is 3. The van der Waals surface area contributed by atoms with E-state index in [1.165, 1.54) is 11.3 Å². The van der Waals surface area contributed by atoms with Crippen LogP contribution in [0.2, 0.25) is 0 Å². The van der Waals surface area contributed by atoms with Crippen molar-refractivity contribution < 1.29 is 4.79 Å². The van der Waals surface area contributed by atoms with E-state index in [4.69, 9.17) is 11.6 Å². The molecule has 13 heavy (non-hydrogen) atoms. The molecule has 0 atom stereocenters. The normalized spacial score (nSPS) is 10.0. The smallest absolute Gasteiger partial charge is 0.263 e. The molecule has 5 heteroatoms. The molecule has 0 unspecified atom stereocenters. The first-order chi connectivity index (χ1) is 6.24. The highest BCUT2D eigenvalue weighted by atomic mass is 35.5. The highest BCUT2D eigenvalue weighted by molar-refractivity contribution is 7.13. The van der Waals surface area contributed by atoms with Gasteiger partial charge in [0.2, 0.25) is 0 Å². The lowest BCUT2D eigenvalue weighted by Crippen LogP contribution is -2.23. The zero-order valence-electron chi connectivity index (χ0n) is 7.34. The van der Waals surface area contributed by atoms with Crippen LogP contribution >= 0.6 is 22.9 Å². The molecule has 0 saturated heterocycles. The van der Waals surface area contributed by atoms with Gasteiger partial charge in [-0.2, -0.15) is 0 Å². The van der Waals surface area contributed by atoms with E-state index in [9.17, 15) is 4.79 Å². The van der Waals surface area contributed by atoms with Crippen LogP contribution in [-0.2, 0) is 0 Å². The van der Waals surface area contributed by atoms with Gasteiger partial charge in [-0.05, 0) is 13.3 Å². The summed E-state index contributed by atoms with van der Waals surface area (Å²) in [4.78, 5) is 16.0. The van der Waals surface area contributed by atoms with Crippen molar-refractivity contribution in [2.45, 2.75) is 13.3 Å². The first-order valence-electron chi connectivity index (χ1n) is 4.00. The van der Waals surface area contributed by atoms with Crippen LogP contribution < -0.4 is 5.32 Å². The number of aryl methyl sites for hydroxylation is 1. The second kappa shape index (κ2) is 5.19. The lowest BCUT2D eigenvalue weighted by atomic mass is 10.4. The van der Waals surface area contributed by atoms with Crippen LogP contribution in [0.15, 0.2) is 6.20 Å². The number of hydrogen-bond donors (Lipinski definition) is 1. The maximum absolute atomic E-state index is 11.3. The number of halogens is 1. The van der Waals surface area contributed by atoms with Gasteiger partial charge < -0.3 is 5.32 Å². The number of rotatable bonds is 4. The van der Waals surface area contributed by atoms with Crippen molar-refractivity contribution in [3.05, 3.63) is 16.1 Å². The standard InChI is InChI=1S/C8H11ClN2OS/c1-6-11-5-7(13-6)8(12)10-4-2-3-9/h5H,2-4H2,1H3,(H,10,12). The summed E-state index contributed by atoms with van der Waals surface area (Å²) >= 11 is 6.87. The van der Waals surface area contributed by atoms with E-state index in [-0.39, 0.29) is 5.91 Å². The SMILES string of the molecule is Cc1ncc(C(=O)NCCCCl)s1. The van der Waals surface area contributed by atoms with Gasteiger partial charge in [-0.25, -0.2) is 4.98 Å². The minimum Gasteiger partial charge on any atom is -0.351 e. The number of nitrogens with zero attached hydrogens (tertiary/aromatic N) is 1. The molecule has 3 nitrogen and oxygen atoms in total. The van der Waals surface area contributed by atoms with E-state index in [1.807, 2.05) is 6.92 Å². The van der Waals surface area contributed by atoms with E-state index in [1.54, 1.807) is 6.20 Å². The summed E-state index contributed by atoms with van der Waals surface area (Å²) in [7, 11) is 0. The van der Waals surface area contributed by atoms with E-state index >= 15 is 0 Å². The zero-order valence-corrected chi connectivity index (χ0v) is 8.91. The third-order valence-electron chi connectivity index (χ3n) is 1.44. The Morgan fingerprint density at radius 2 is 2.54 bits per heavy atom. The largest absolute Gasteiger partial charge is 0.351 e. The minimum atomic E-state index is -0.0595. The summed E-state index contributed by atoms with van der Waals surface area (Å²) in [6, 6.07) is 0. The second-order valence-electron chi connectivity index (χ2n) is 2.54. The quantitative estimate of drug-likeness (QED) is 0.619. The Kier molecular flexibility index (Phi) is 4.18. The first kappa shape index (κ1) is 10.5. The summed E-state index contributed by atoms with van der Waals surface area (Å²) in [5.41, 5.74) is 0. The van der Waals surface area contributed by atoms with Crippen molar-refractivity contribution in [2.75, 3.05) is 12.4 Å². The molecule has 1 aromatic heterocycles. The fourth-order valence-electron chi connectivity index (χ4n) is 0.822. The Bertz CT molecular complexity index is 287. The molecular weight excluding hydrogens is 208 g/mol. The molecule has 0 radical (unpaired) electrons. The van der Waals surface area contributed by atoms with Crippen molar-refractivity contribution >= 4 is 28.8 Å². The minimum absolute atomic E-state index is 0.0595. The summed E-state index contributed by atoms with van der Waals surface area (Å²) in [6.45, 7) is 2.50. The van der Waals surface area contributed by atoms with Crippen molar-refractivity contribution in [2.24, 2.45) is 0 Å². The molecule has 0 fully saturated rings. The third kappa shape index (κ3) is 3.32. The molecule has 0 aliphatic rings. The summed E-state index contributed by atoms with van der Waals surface area (Å²) in [6.07, 6.45) is 2.39. The molecule has 0 aromatic carbocycles. The topological polar surface area (TPSA) is 42.0 Å². The van der Waals surface area contributed by atoms with E-state index in [0.29, 0.717) is 17.3 Å². The van der Waals surface area contributed by atoms with Gasteiger partial charge in [0, 0.05) is 12.4 Å². The van der Waals surface area contributed by atoms with Crippen LogP contribution in [0.3, 0.4) is 0 Å². The maximum Gasteiger partial charge on any atom is 0.263 e. The van der Waals surface area contributed by atoms with Crippen LogP contribution in [0.4, 0.5) is 0 Å². The number of carbonyl (C=O) groups is 1. The highest BCUT2D eigenvalue weighted by Crippen LogP contribution is 2.10. The van der Waals surface area contributed by atoms with Gasteiger partial charge in [-0.15, -0.1) is 22.9 Å². The van der Waals surface area contributed by atoms with E-state index in [2.05, 4.69) is 10.3 Å². The molecule has 0 bridgehead atoms. The zero-order chi connectivity index (χ0) is 9.68. The van der Waals surface area contributed by atoms with Crippen LogP contribution in [0, 0.1) is 6.92 Å². The second-order valence-corrected chi connectivity index (χ2v) is 4.15. The molecule has 1 amide bonds. The van der Waals surface area contributed by atoms with Crippen LogP contribution in [0.1, 0.15) is 21.1 Å². The van der Waals surface area contributed by atoms with Crippen LogP contribution in [0.25, 0.3) is 0 Å². The molecule has 1 rings (SSSR count). The maximum atomic E-state index is 11.3. The molecule has 1 heterocycles. The number of alkyl halides is 1. The molecule has 0 saturated carbocycles. The summed E-state index contributed by atoms with van der Waals surface area (Å²) in [5.74, 6) is 0.512. The number of carbonyl (C=O) groups excluding carboxylic acids is 1. The Balaban J connectivity index is 2.40. The lowest BCUT2D eigenvalue weighted by Gasteiger charge is -1.99. The number of aromatic nitrogens is 1. The van der Waals surface area contributed by atoms with E-state index in [0.717, 1.165) is 11.4 Å². The van der Waals surface area contributed by atoms with Gasteiger partial charge in [-0.1, -0.05) is 0 Å². The van der Waals surface area contributed by atoms with Crippen LogP contribution in [0.5, 0.6) is 0 Å². The van der Waals surface area contributed by atoms with Crippen molar-refractivity contribution in [3.63, 3.8) is 0 Å². The summed E-state index contributed by atoms with van der Waals surface area (Å²) in [5, 5.41) is 3.67. The first-order valence-corrected chi connectivity index (χ1v) is 5.35. The predicted molar refractivity (Wildman–Crippen MR) is 54.5 cm³/mol. The molecule has 1 aromatic rings. The lowest BCUT2D eigenvalue weighted by molar-refractivity contribution is 0.0957. The molecule has 0 aliphatic carbocycles. The molecule has 0 aliphatic heterocycles. The van der Waals surface area contributed by atoms with Gasteiger partial charge in [-0.3, -0.25) is 4.79 Å². The fourth-order valence-corrected chi connectivity index (χ4v) is 1.65.